The molecule has 1 aromatic carbocycles. The molecular formula is C15H22N4O3. The quantitative estimate of drug-likeness (QED) is 0.783. The van der Waals surface area contributed by atoms with Crippen molar-refractivity contribution >= 4 is 10.9 Å². The maximum atomic E-state index is 12.3. The molecule has 7 nitrogen and oxygen atoms in total. The topological polar surface area (TPSA) is 93.5 Å². The molecule has 0 fully saturated rings. The second-order valence-electron chi connectivity index (χ2n) is 4.89. The molecular weight excluding hydrogens is 284 g/mol. The summed E-state index contributed by atoms with van der Waals surface area (Å²) in [4.78, 5) is 21.7. The highest BCUT2D eigenvalue weighted by molar-refractivity contribution is 5.81. The Bertz CT molecular complexity index is 699. The lowest BCUT2D eigenvalue weighted by Gasteiger charge is -2.18. The molecule has 0 radical (unpaired) electrons. The molecule has 0 unspecified atom stereocenters. The van der Waals surface area contributed by atoms with Crippen LogP contribution < -0.4 is 20.8 Å². The fraction of sp³-hybridized carbons (Fsp3) is 0.467. The van der Waals surface area contributed by atoms with Crippen molar-refractivity contribution in [3.8, 4) is 11.5 Å². The number of benzene rings is 1. The Hall–Kier alpha value is -2.12. The molecule has 0 saturated carbocycles. The summed E-state index contributed by atoms with van der Waals surface area (Å²) in [6.45, 7) is 4.75. The van der Waals surface area contributed by atoms with Crippen LogP contribution in [0.15, 0.2) is 16.9 Å². The summed E-state index contributed by atoms with van der Waals surface area (Å²) in [6.07, 6.45) is 0. The minimum absolute atomic E-state index is 0.190. The van der Waals surface area contributed by atoms with Crippen molar-refractivity contribution in [3.05, 3.63) is 28.3 Å². The van der Waals surface area contributed by atoms with Crippen LogP contribution in [0, 0.1) is 0 Å². The first-order valence-corrected chi connectivity index (χ1v) is 7.20. The van der Waals surface area contributed by atoms with Crippen LogP contribution in [0.3, 0.4) is 0 Å². The molecule has 0 aliphatic heterocycles. The van der Waals surface area contributed by atoms with Gasteiger partial charge in [0.05, 0.1) is 31.7 Å². The largest absolute Gasteiger partial charge is 0.493 e. The van der Waals surface area contributed by atoms with Crippen LogP contribution in [0.4, 0.5) is 0 Å². The number of hydrogen-bond acceptors (Lipinski definition) is 6. The first kappa shape index (κ1) is 16.3. The van der Waals surface area contributed by atoms with Crippen molar-refractivity contribution in [2.75, 3.05) is 33.9 Å². The number of fused-ring (bicyclic) bond motifs is 1. The van der Waals surface area contributed by atoms with Crippen LogP contribution in [0.25, 0.3) is 10.9 Å². The smallest absolute Gasteiger partial charge is 0.258 e. The zero-order valence-corrected chi connectivity index (χ0v) is 13.2. The Morgan fingerprint density at radius 1 is 1.27 bits per heavy atom. The number of H-pyrrole nitrogens is 1. The molecule has 0 aliphatic carbocycles. The van der Waals surface area contributed by atoms with E-state index < -0.39 is 0 Å². The second kappa shape index (κ2) is 7.24. The molecule has 22 heavy (non-hydrogen) atoms. The highest BCUT2D eigenvalue weighted by Crippen LogP contribution is 2.29. The Morgan fingerprint density at radius 3 is 2.55 bits per heavy atom. The number of aromatic amines is 1. The summed E-state index contributed by atoms with van der Waals surface area (Å²) in [5.74, 6) is 1.67. The van der Waals surface area contributed by atoms with Gasteiger partial charge in [-0.1, -0.05) is 6.92 Å². The van der Waals surface area contributed by atoms with Crippen LogP contribution in [0.5, 0.6) is 11.5 Å². The Labute approximate surface area is 129 Å². The van der Waals surface area contributed by atoms with E-state index in [-0.39, 0.29) is 5.56 Å². The molecule has 0 aliphatic rings. The SMILES string of the molecule is CCN(CCN)Cc1nc2cc(OC)c(OC)cc2c(=O)[nH]1. The van der Waals surface area contributed by atoms with Crippen molar-refractivity contribution in [2.24, 2.45) is 5.73 Å². The van der Waals surface area contributed by atoms with Gasteiger partial charge in [0.15, 0.2) is 11.5 Å². The van der Waals surface area contributed by atoms with Crippen molar-refractivity contribution in [1.82, 2.24) is 14.9 Å². The number of aromatic nitrogens is 2. The minimum Gasteiger partial charge on any atom is -0.493 e. The van der Waals surface area contributed by atoms with Gasteiger partial charge < -0.3 is 20.2 Å². The molecule has 1 heterocycles. The van der Waals surface area contributed by atoms with Crippen molar-refractivity contribution in [3.63, 3.8) is 0 Å². The molecule has 0 amide bonds. The van der Waals surface area contributed by atoms with E-state index in [0.29, 0.717) is 41.3 Å². The van der Waals surface area contributed by atoms with Crippen molar-refractivity contribution in [2.45, 2.75) is 13.5 Å². The molecule has 120 valence electrons. The lowest BCUT2D eigenvalue weighted by atomic mass is 10.2. The van der Waals surface area contributed by atoms with Crippen LogP contribution in [-0.4, -0.2) is 48.7 Å². The van der Waals surface area contributed by atoms with Gasteiger partial charge in [-0.2, -0.15) is 0 Å². The summed E-state index contributed by atoms with van der Waals surface area (Å²) in [5, 5.41) is 0.475. The fourth-order valence-corrected chi connectivity index (χ4v) is 2.33. The second-order valence-corrected chi connectivity index (χ2v) is 4.89. The highest BCUT2D eigenvalue weighted by atomic mass is 16.5. The summed E-state index contributed by atoms with van der Waals surface area (Å²) in [6, 6.07) is 3.35. The Kier molecular flexibility index (Phi) is 5.35. The maximum Gasteiger partial charge on any atom is 0.258 e. The predicted molar refractivity (Wildman–Crippen MR) is 85.5 cm³/mol. The molecule has 2 aromatic rings. The Morgan fingerprint density at radius 2 is 1.95 bits per heavy atom. The zero-order chi connectivity index (χ0) is 16.1. The number of nitrogens with two attached hydrogens (primary N) is 1. The normalized spacial score (nSPS) is 11.1. The molecule has 0 spiro atoms. The summed E-state index contributed by atoms with van der Waals surface area (Å²) in [7, 11) is 3.09. The number of nitrogens with one attached hydrogen (secondary N) is 1. The third kappa shape index (κ3) is 3.37. The predicted octanol–water partition coefficient (Wildman–Crippen LogP) is 0.721. The van der Waals surface area contributed by atoms with E-state index in [1.807, 2.05) is 6.92 Å². The van der Waals surface area contributed by atoms with Gasteiger partial charge >= 0.3 is 0 Å². The average molecular weight is 306 g/mol. The maximum absolute atomic E-state index is 12.3. The monoisotopic (exact) mass is 306 g/mol. The molecule has 7 heteroatoms. The molecule has 1 aromatic heterocycles. The van der Waals surface area contributed by atoms with E-state index in [2.05, 4.69) is 14.9 Å². The number of methoxy groups -OCH3 is 2. The van der Waals surface area contributed by atoms with Gasteiger partial charge in [-0.25, -0.2) is 4.98 Å². The summed E-state index contributed by atoms with van der Waals surface area (Å²) in [5.41, 5.74) is 5.98. The zero-order valence-electron chi connectivity index (χ0n) is 13.2. The van der Waals surface area contributed by atoms with E-state index in [1.54, 1.807) is 19.2 Å². The van der Waals surface area contributed by atoms with Crippen LogP contribution in [0.2, 0.25) is 0 Å². The fourth-order valence-electron chi connectivity index (χ4n) is 2.33. The first-order valence-electron chi connectivity index (χ1n) is 7.20. The van der Waals surface area contributed by atoms with E-state index in [9.17, 15) is 4.79 Å². The number of nitrogens with zero attached hydrogens (tertiary/aromatic N) is 2. The van der Waals surface area contributed by atoms with Crippen LogP contribution in [-0.2, 0) is 6.54 Å². The van der Waals surface area contributed by atoms with Gasteiger partial charge in [-0.3, -0.25) is 9.69 Å². The first-order chi connectivity index (χ1) is 10.6. The number of rotatable bonds is 7. The number of likely N-dealkylation sites (N-methyl/N-ethyl adjacent to an activating group) is 1. The third-order valence-electron chi connectivity index (χ3n) is 3.53. The van der Waals surface area contributed by atoms with Gasteiger partial charge in [-0.15, -0.1) is 0 Å². The lowest BCUT2D eigenvalue weighted by Crippen LogP contribution is -2.30. The molecule has 3 N–H and O–H groups in total. The standard InChI is InChI=1S/C15H22N4O3/c1-4-19(6-5-16)9-14-17-11-8-13(22-3)12(21-2)7-10(11)15(20)18-14/h7-8H,4-6,9,16H2,1-3H3,(H,17,18,20). The lowest BCUT2D eigenvalue weighted by molar-refractivity contribution is 0.281. The van der Waals surface area contributed by atoms with Crippen molar-refractivity contribution < 1.29 is 9.47 Å². The number of hydrogen-bond donors (Lipinski definition) is 2. The van der Waals surface area contributed by atoms with E-state index in [0.717, 1.165) is 13.1 Å². The molecule has 0 saturated heterocycles. The van der Waals surface area contributed by atoms with Gasteiger partial charge in [0, 0.05) is 19.2 Å². The van der Waals surface area contributed by atoms with Gasteiger partial charge in [0.25, 0.3) is 5.56 Å². The van der Waals surface area contributed by atoms with Crippen molar-refractivity contribution in [1.29, 1.82) is 0 Å². The minimum atomic E-state index is -0.190. The summed E-state index contributed by atoms with van der Waals surface area (Å²) >= 11 is 0. The highest BCUT2D eigenvalue weighted by Gasteiger charge is 2.12. The molecule has 2 rings (SSSR count). The van der Waals surface area contributed by atoms with Gasteiger partial charge in [-0.05, 0) is 12.6 Å². The Balaban J connectivity index is 2.45. The average Bonchev–Trinajstić information content (AvgIpc) is 2.53. The van der Waals surface area contributed by atoms with E-state index in [1.165, 1.54) is 7.11 Å². The van der Waals surface area contributed by atoms with Gasteiger partial charge in [0.2, 0.25) is 0 Å². The molecule has 0 atom stereocenters. The van der Waals surface area contributed by atoms with E-state index in [4.69, 9.17) is 15.2 Å². The van der Waals surface area contributed by atoms with Crippen LogP contribution in [0.1, 0.15) is 12.7 Å². The van der Waals surface area contributed by atoms with Crippen LogP contribution >= 0.6 is 0 Å². The summed E-state index contributed by atoms with van der Waals surface area (Å²) < 4.78 is 10.5. The third-order valence-corrected chi connectivity index (χ3v) is 3.53. The molecule has 0 bridgehead atoms. The number of ether oxygens (including phenoxy) is 2. The van der Waals surface area contributed by atoms with Gasteiger partial charge in [0.1, 0.15) is 5.82 Å². The van der Waals surface area contributed by atoms with E-state index >= 15 is 0 Å².